The summed E-state index contributed by atoms with van der Waals surface area (Å²) in [6.07, 6.45) is 5.02. The fraction of sp³-hybridized carbons (Fsp3) is 0.400. The lowest BCUT2D eigenvalue weighted by Crippen LogP contribution is -2.28. The molecule has 0 bridgehead atoms. The third-order valence-corrected chi connectivity index (χ3v) is 3.38. The van der Waals surface area contributed by atoms with Crippen molar-refractivity contribution in [3.8, 4) is 0 Å². The van der Waals surface area contributed by atoms with Crippen LogP contribution in [0.15, 0.2) is 23.9 Å². The number of nitrogens with one attached hydrogen (secondary N) is 1. The zero-order valence-electron chi connectivity index (χ0n) is 10.2. The van der Waals surface area contributed by atoms with Crippen LogP contribution in [0.25, 0.3) is 0 Å². The molecule has 2 aromatic rings. The normalized spacial score (nSPS) is 10.6. The molecule has 0 aliphatic rings. The lowest BCUT2D eigenvalue weighted by atomic mass is 10.5. The van der Waals surface area contributed by atoms with Gasteiger partial charge in [0.05, 0.1) is 12.3 Å². The van der Waals surface area contributed by atoms with Crippen molar-refractivity contribution >= 4 is 17.7 Å². The minimum Gasteiger partial charge on any atom is -0.347 e. The number of aromatic amines is 1. The zero-order valence-corrected chi connectivity index (χ0v) is 11.0. The molecule has 8 heteroatoms. The van der Waals surface area contributed by atoms with Gasteiger partial charge in [-0.3, -0.25) is 4.79 Å². The summed E-state index contributed by atoms with van der Waals surface area (Å²) in [4.78, 5) is 20.6. The van der Waals surface area contributed by atoms with Crippen LogP contribution >= 0.6 is 11.8 Å². The Morgan fingerprint density at radius 2 is 2.44 bits per heavy atom. The largest absolute Gasteiger partial charge is 0.347 e. The Morgan fingerprint density at radius 1 is 1.61 bits per heavy atom. The predicted octanol–water partition coefficient (Wildman–Crippen LogP) is 0.289. The highest BCUT2D eigenvalue weighted by molar-refractivity contribution is 7.99. The molecule has 7 nitrogen and oxygen atoms in total. The van der Waals surface area contributed by atoms with Gasteiger partial charge in [0.2, 0.25) is 5.91 Å². The maximum absolute atomic E-state index is 11.9. The van der Waals surface area contributed by atoms with Crippen molar-refractivity contribution in [2.45, 2.75) is 11.7 Å². The smallest absolute Gasteiger partial charge is 0.233 e. The van der Waals surface area contributed by atoms with Gasteiger partial charge >= 0.3 is 0 Å². The van der Waals surface area contributed by atoms with Crippen LogP contribution in [0.1, 0.15) is 5.82 Å². The summed E-state index contributed by atoms with van der Waals surface area (Å²) in [7, 11) is 3.60. The monoisotopic (exact) mass is 266 g/mol. The summed E-state index contributed by atoms with van der Waals surface area (Å²) in [6, 6.07) is 0. The molecule has 0 saturated heterocycles. The first-order valence-corrected chi connectivity index (χ1v) is 6.34. The number of aromatic nitrogens is 5. The molecule has 18 heavy (non-hydrogen) atoms. The Labute approximate surface area is 109 Å². The highest BCUT2D eigenvalue weighted by Gasteiger charge is 2.12. The van der Waals surface area contributed by atoms with Gasteiger partial charge in [0.25, 0.3) is 0 Å². The van der Waals surface area contributed by atoms with Gasteiger partial charge in [-0.15, -0.1) is 10.2 Å². The van der Waals surface area contributed by atoms with E-state index in [1.54, 1.807) is 35.2 Å². The van der Waals surface area contributed by atoms with Crippen LogP contribution in [0.3, 0.4) is 0 Å². The molecule has 1 N–H and O–H groups in total. The van der Waals surface area contributed by atoms with Gasteiger partial charge < -0.3 is 14.5 Å². The number of carbonyl (C=O) groups is 1. The Bertz CT molecular complexity index is 508. The summed E-state index contributed by atoms with van der Waals surface area (Å²) < 4.78 is 1.78. The number of H-pyrrole nitrogens is 1. The molecule has 96 valence electrons. The SMILES string of the molecule is CN(Cc1ncc[nH]1)C(=O)CSc1nncn1C. The molecule has 2 aromatic heterocycles. The van der Waals surface area contributed by atoms with Crippen LogP contribution in [0.5, 0.6) is 0 Å². The molecule has 2 heterocycles. The third kappa shape index (κ3) is 3.10. The molecule has 0 spiro atoms. The average molecular weight is 266 g/mol. The van der Waals surface area contributed by atoms with Crippen molar-refractivity contribution < 1.29 is 4.79 Å². The van der Waals surface area contributed by atoms with E-state index in [-0.39, 0.29) is 5.91 Å². The Morgan fingerprint density at radius 3 is 3.06 bits per heavy atom. The van der Waals surface area contributed by atoms with Gasteiger partial charge in [-0.25, -0.2) is 4.98 Å². The number of rotatable bonds is 5. The zero-order chi connectivity index (χ0) is 13.0. The Kier molecular flexibility index (Phi) is 3.98. The van der Waals surface area contributed by atoms with Crippen molar-refractivity contribution in [1.82, 2.24) is 29.6 Å². The topological polar surface area (TPSA) is 79.7 Å². The van der Waals surface area contributed by atoms with Crippen molar-refractivity contribution in [3.63, 3.8) is 0 Å². The fourth-order valence-electron chi connectivity index (χ4n) is 1.34. The average Bonchev–Trinajstić information content (AvgIpc) is 2.98. The van der Waals surface area contributed by atoms with Gasteiger partial charge in [-0.1, -0.05) is 11.8 Å². The van der Waals surface area contributed by atoms with Crippen LogP contribution in [-0.2, 0) is 18.4 Å². The summed E-state index contributed by atoms with van der Waals surface area (Å²) in [5.74, 6) is 1.14. The molecule has 0 fully saturated rings. The molecule has 0 aliphatic heterocycles. The van der Waals surface area contributed by atoms with Crippen molar-refractivity contribution in [1.29, 1.82) is 0 Å². The van der Waals surface area contributed by atoms with E-state index in [4.69, 9.17) is 0 Å². The number of carbonyl (C=O) groups excluding carboxylic acids is 1. The quantitative estimate of drug-likeness (QED) is 0.787. The van der Waals surface area contributed by atoms with E-state index in [9.17, 15) is 4.79 Å². The van der Waals surface area contributed by atoms with E-state index in [1.807, 2.05) is 7.05 Å². The van der Waals surface area contributed by atoms with E-state index in [0.29, 0.717) is 12.3 Å². The number of nitrogens with zero attached hydrogens (tertiary/aromatic N) is 5. The van der Waals surface area contributed by atoms with E-state index >= 15 is 0 Å². The molecule has 0 saturated carbocycles. The maximum atomic E-state index is 11.9. The highest BCUT2D eigenvalue weighted by atomic mass is 32.2. The van der Waals surface area contributed by atoms with Gasteiger partial charge in [0, 0.05) is 26.5 Å². The molecular weight excluding hydrogens is 252 g/mol. The Hall–Kier alpha value is -1.83. The summed E-state index contributed by atoms with van der Waals surface area (Å²) in [5.41, 5.74) is 0. The third-order valence-electron chi connectivity index (χ3n) is 2.36. The summed E-state index contributed by atoms with van der Waals surface area (Å²) >= 11 is 1.37. The number of aryl methyl sites for hydroxylation is 1. The molecule has 0 aromatic carbocycles. The second-order valence-corrected chi connectivity index (χ2v) is 4.74. The Balaban J connectivity index is 1.82. The molecule has 0 atom stereocenters. The number of imidazole rings is 1. The van der Waals surface area contributed by atoms with E-state index < -0.39 is 0 Å². The number of hydrogen-bond donors (Lipinski definition) is 1. The van der Waals surface area contributed by atoms with Gasteiger partial charge in [0.15, 0.2) is 5.16 Å². The van der Waals surface area contributed by atoms with E-state index in [1.165, 1.54) is 11.8 Å². The van der Waals surface area contributed by atoms with Gasteiger partial charge in [-0.2, -0.15) is 0 Å². The lowest BCUT2D eigenvalue weighted by Gasteiger charge is -2.15. The summed E-state index contributed by atoms with van der Waals surface area (Å²) in [6.45, 7) is 0.477. The van der Waals surface area contributed by atoms with Gasteiger partial charge in [-0.05, 0) is 0 Å². The maximum Gasteiger partial charge on any atom is 0.233 e. The first-order valence-electron chi connectivity index (χ1n) is 5.36. The molecule has 2 rings (SSSR count). The second kappa shape index (κ2) is 5.67. The van der Waals surface area contributed by atoms with Crippen LogP contribution < -0.4 is 0 Å². The first-order chi connectivity index (χ1) is 8.66. The lowest BCUT2D eigenvalue weighted by molar-refractivity contribution is -0.127. The molecule has 0 aliphatic carbocycles. The standard InChI is InChI=1S/C10H14N6OS/c1-15(5-8-11-3-4-12-8)9(17)6-18-10-14-13-7-16(10)2/h3-4,7H,5-6H2,1-2H3,(H,11,12). The van der Waals surface area contributed by atoms with Crippen LogP contribution in [0, 0.1) is 0 Å². The highest BCUT2D eigenvalue weighted by Crippen LogP contribution is 2.13. The second-order valence-electron chi connectivity index (χ2n) is 3.80. The molecule has 0 unspecified atom stereocenters. The van der Waals surface area contributed by atoms with E-state index in [0.717, 1.165) is 11.0 Å². The first kappa shape index (κ1) is 12.6. The van der Waals surface area contributed by atoms with Crippen molar-refractivity contribution in [2.75, 3.05) is 12.8 Å². The minimum absolute atomic E-state index is 0.0272. The van der Waals surface area contributed by atoms with E-state index in [2.05, 4.69) is 20.2 Å². The van der Waals surface area contributed by atoms with Crippen molar-refractivity contribution in [2.24, 2.45) is 7.05 Å². The number of hydrogen-bond acceptors (Lipinski definition) is 5. The minimum atomic E-state index is 0.0272. The van der Waals surface area contributed by atoms with Crippen LogP contribution in [-0.4, -0.2) is 48.3 Å². The molecular formula is C10H14N6OS. The fourth-order valence-corrected chi connectivity index (χ4v) is 2.17. The molecule has 0 radical (unpaired) electrons. The van der Waals surface area contributed by atoms with Crippen LogP contribution in [0.4, 0.5) is 0 Å². The van der Waals surface area contributed by atoms with Crippen molar-refractivity contribution in [3.05, 3.63) is 24.5 Å². The molecule has 1 amide bonds. The predicted molar refractivity (Wildman–Crippen MR) is 66.8 cm³/mol. The number of amides is 1. The van der Waals surface area contributed by atoms with Gasteiger partial charge in [0.1, 0.15) is 12.2 Å². The van der Waals surface area contributed by atoms with Crippen LogP contribution in [0.2, 0.25) is 0 Å². The summed E-state index contributed by atoms with van der Waals surface area (Å²) in [5, 5.41) is 8.40. The number of thioether (sulfide) groups is 1.